The Hall–Kier alpha value is -3.46. The summed E-state index contributed by atoms with van der Waals surface area (Å²) in [7, 11) is 0. The van der Waals surface area contributed by atoms with Crippen molar-refractivity contribution in [2.45, 2.75) is 19.5 Å². The number of nitrogens with zero attached hydrogens (tertiary/aromatic N) is 2. The molecule has 0 saturated carbocycles. The molecular formula is C18H16F3N7O3S2. The van der Waals surface area contributed by atoms with Crippen molar-refractivity contribution in [3.63, 3.8) is 0 Å². The number of aromatic nitrogens is 4. The third-order valence-electron chi connectivity index (χ3n) is 4.47. The maximum atomic E-state index is 13.1. The van der Waals surface area contributed by atoms with E-state index in [2.05, 4.69) is 36.1 Å². The van der Waals surface area contributed by atoms with Crippen molar-refractivity contribution in [2.75, 3.05) is 13.1 Å². The van der Waals surface area contributed by atoms with Crippen LogP contribution in [0.25, 0.3) is 21.4 Å². The minimum absolute atomic E-state index is 0.0502. The van der Waals surface area contributed by atoms with Crippen molar-refractivity contribution < 1.29 is 18.0 Å². The molecular weight excluding hydrogens is 483 g/mol. The average Bonchev–Trinajstić information content (AvgIpc) is 3.43. The van der Waals surface area contributed by atoms with Crippen molar-refractivity contribution >= 4 is 50.1 Å². The minimum Gasteiger partial charge on any atom is -0.367 e. The number of dihydropyridines is 1. The van der Waals surface area contributed by atoms with Crippen molar-refractivity contribution in [1.29, 1.82) is 0 Å². The van der Waals surface area contributed by atoms with Gasteiger partial charge in [0.2, 0.25) is 0 Å². The number of urea groups is 1. The summed E-state index contributed by atoms with van der Waals surface area (Å²) < 4.78 is 39.5. The van der Waals surface area contributed by atoms with Gasteiger partial charge in [0.05, 0.1) is 0 Å². The number of rotatable bonds is 5. The first-order chi connectivity index (χ1) is 15.7. The second kappa shape index (κ2) is 8.82. The van der Waals surface area contributed by atoms with Crippen LogP contribution in [0.2, 0.25) is 0 Å². The number of carbonyl (C=O) groups is 1. The smallest absolute Gasteiger partial charge is 0.367 e. The highest BCUT2D eigenvalue weighted by Gasteiger charge is 2.34. The molecule has 3 aromatic heterocycles. The number of fused-ring (bicyclic) bond motifs is 1. The maximum absolute atomic E-state index is 13.1. The molecule has 3 aromatic rings. The van der Waals surface area contributed by atoms with Crippen LogP contribution in [-0.2, 0) is 6.18 Å². The topological polar surface area (TPSA) is 145 Å². The van der Waals surface area contributed by atoms with E-state index in [4.69, 9.17) is 0 Å². The van der Waals surface area contributed by atoms with Gasteiger partial charge in [0.25, 0.3) is 11.1 Å². The summed E-state index contributed by atoms with van der Waals surface area (Å²) >= 11 is 1.72. The Morgan fingerprint density at radius 3 is 2.61 bits per heavy atom. The average molecular weight is 500 g/mol. The van der Waals surface area contributed by atoms with Gasteiger partial charge in [0.15, 0.2) is 11.2 Å². The molecule has 4 heterocycles. The van der Waals surface area contributed by atoms with Crippen LogP contribution in [0.1, 0.15) is 29.1 Å². The zero-order valence-electron chi connectivity index (χ0n) is 16.8. The lowest BCUT2D eigenvalue weighted by molar-refractivity contribution is -0.140. The number of aromatic amines is 2. The first-order valence-corrected chi connectivity index (χ1v) is 11.3. The van der Waals surface area contributed by atoms with Gasteiger partial charge in [-0.05, 0) is 12.5 Å². The van der Waals surface area contributed by atoms with Crippen LogP contribution in [0.4, 0.5) is 18.0 Å². The first kappa shape index (κ1) is 22.7. The first-order valence-electron chi connectivity index (χ1n) is 9.56. The predicted molar refractivity (Wildman–Crippen MR) is 118 cm³/mol. The molecule has 0 fully saturated rings. The number of halogens is 3. The van der Waals surface area contributed by atoms with Gasteiger partial charge in [0.1, 0.15) is 20.5 Å². The van der Waals surface area contributed by atoms with Gasteiger partial charge in [-0.25, -0.2) is 14.8 Å². The Balaban J connectivity index is 1.82. The van der Waals surface area contributed by atoms with Gasteiger partial charge in [-0.2, -0.15) is 13.2 Å². The maximum Gasteiger partial charge on any atom is 0.434 e. The van der Waals surface area contributed by atoms with Gasteiger partial charge in [0, 0.05) is 29.6 Å². The van der Waals surface area contributed by atoms with Crippen LogP contribution in [0, 0.1) is 0 Å². The highest BCUT2D eigenvalue weighted by Crippen LogP contribution is 2.37. The van der Waals surface area contributed by atoms with E-state index in [1.54, 1.807) is 0 Å². The van der Waals surface area contributed by atoms with Gasteiger partial charge in [-0.15, -0.1) is 22.7 Å². The van der Waals surface area contributed by atoms with Crippen molar-refractivity contribution in [3.8, 4) is 0 Å². The highest BCUT2D eigenvalue weighted by molar-refractivity contribution is 7.19. The SMILES string of the molecule is CCCNC(=O)NC1=CC(c2nc(C(F)(F)F)cs2)=C(c2nc3c(=O)[nH][nH]c(=O)c3s2)CN1. The molecule has 10 nitrogen and oxygen atoms in total. The predicted octanol–water partition coefficient (Wildman–Crippen LogP) is 2.21. The number of nitrogens with one attached hydrogen (secondary N) is 5. The number of alkyl halides is 3. The normalized spacial score (nSPS) is 14.2. The van der Waals surface area contributed by atoms with E-state index in [1.807, 2.05) is 6.92 Å². The van der Waals surface area contributed by atoms with Crippen LogP contribution in [0.15, 0.2) is 26.9 Å². The summed E-state index contributed by atoms with van der Waals surface area (Å²) in [6.45, 7) is 2.40. The molecule has 174 valence electrons. The van der Waals surface area contributed by atoms with E-state index < -0.39 is 29.0 Å². The standard InChI is InChI=1S/C18H16F3N7O3S2/c1-2-3-22-17(31)25-10-4-7(15-24-9(6-32-15)18(19,20)21)8(5-23-10)16-26-11-12(33-16)14(30)28-27-13(11)29/h4,6,23H,2-3,5H2,1H3,(H,27,29)(H,28,30)(H2,22,25,31). The van der Waals surface area contributed by atoms with Crippen molar-refractivity contribution in [1.82, 2.24) is 36.1 Å². The Kier molecular flexibility index (Phi) is 6.07. The van der Waals surface area contributed by atoms with E-state index in [1.165, 1.54) is 6.08 Å². The fraction of sp³-hybridized carbons (Fsp3) is 0.278. The monoisotopic (exact) mass is 499 g/mol. The number of amides is 2. The molecule has 4 rings (SSSR count). The quantitative estimate of drug-likeness (QED) is 0.364. The lowest BCUT2D eigenvalue weighted by Gasteiger charge is -2.21. The van der Waals surface area contributed by atoms with Gasteiger partial charge in [-0.1, -0.05) is 6.92 Å². The number of thiazole rings is 2. The second-order valence-corrected chi connectivity index (χ2v) is 8.68. The van der Waals surface area contributed by atoms with Gasteiger partial charge in [-0.3, -0.25) is 25.1 Å². The molecule has 0 aliphatic carbocycles. The molecule has 33 heavy (non-hydrogen) atoms. The van der Waals surface area contributed by atoms with Crippen molar-refractivity contribution in [3.05, 3.63) is 53.7 Å². The highest BCUT2D eigenvalue weighted by atomic mass is 32.1. The summed E-state index contributed by atoms with van der Waals surface area (Å²) in [5.41, 5.74) is -1.55. The van der Waals surface area contributed by atoms with E-state index in [0.29, 0.717) is 12.1 Å². The summed E-state index contributed by atoms with van der Waals surface area (Å²) in [6, 6.07) is -0.480. The molecule has 0 bridgehead atoms. The molecule has 15 heteroatoms. The Labute approximate surface area is 190 Å². The summed E-state index contributed by atoms with van der Waals surface area (Å²) in [4.78, 5) is 44.1. The zero-order chi connectivity index (χ0) is 23.8. The zero-order valence-corrected chi connectivity index (χ0v) is 18.5. The Bertz CT molecular complexity index is 1350. The van der Waals surface area contributed by atoms with Crippen LogP contribution in [0.5, 0.6) is 0 Å². The Morgan fingerprint density at radius 1 is 1.18 bits per heavy atom. The number of hydrogen-bond donors (Lipinski definition) is 5. The molecule has 0 spiro atoms. The third kappa shape index (κ3) is 4.68. The van der Waals surface area contributed by atoms with E-state index in [-0.39, 0.29) is 38.2 Å². The molecule has 0 aromatic carbocycles. The number of H-pyrrole nitrogens is 2. The number of hydrogen-bond acceptors (Lipinski definition) is 8. The van der Waals surface area contributed by atoms with Crippen LogP contribution < -0.4 is 27.1 Å². The van der Waals surface area contributed by atoms with E-state index in [9.17, 15) is 27.6 Å². The minimum atomic E-state index is -4.62. The molecule has 2 amide bonds. The second-order valence-electron chi connectivity index (χ2n) is 6.83. The van der Waals surface area contributed by atoms with Gasteiger partial charge < -0.3 is 10.6 Å². The fourth-order valence-electron chi connectivity index (χ4n) is 2.94. The largest absolute Gasteiger partial charge is 0.434 e. The number of carbonyl (C=O) groups excluding carboxylic acids is 1. The lowest BCUT2D eigenvalue weighted by atomic mass is 10.1. The van der Waals surface area contributed by atoms with Crippen LogP contribution >= 0.6 is 22.7 Å². The van der Waals surface area contributed by atoms with E-state index in [0.717, 1.165) is 34.5 Å². The fourth-order valence-corrected chi connectivity index (χ4v) is 4.83. The van der Waals surface area contributed by atoms with Gasteiger partial charge >= 0.3 is 12.2 Å². The van der Waals surface area contributed by atoms with Crippen molar-refractivity contribution in [2.24, 2.45) is 0 Å². The number of allylic oxidation sites excluding steroid dienone is 2. The lowest BCUT2D eigenvalue weighted by Crippen LogP contribution is -2.40. The van der Waals surface area contributed by atoms with E-state index >= 15 is 0 Å². The molecule has 1 aliphatic heterocycles. The molecule has 1 aliphatic rings. The molecule has 0 radical (unpaired) electrons. The summed E-state index contributed by atoms with van der Waals surface area (Å²) in [5.74, 6) is 0.253. The molecule has 0 saturated heterocycles. The van der Waals surface area contributed by atoms with Crippen LogP contribution in [-0.4, -0.2) is 39.3 Å². The molecule has 0 unspecified atom stereocenters. The summed E-state index contributed by atoms with van der Waals surface area (Å²) in [5, 5.41) is 13.8. The van der Waals surface area contributed by atoms with Crippen LogP contribution in [0.3, 0.4) is 0 Å². The molecule has 5 N–H and O–H groups in total. The Morgan fingerprint density at radius 2 is 1.94 bits per heavy atom. The molecule has 0 atom stereocenters. The third-order valence-corrected chi connectivity index (χ3v) is 6.46. The summed E-state index contributed by atoms with van der Waals surface area (Å²) in [6.07, 6.45) is -2.45.